The summed E-state index contributed by atoms with van der Waals surface area (Å²) in [6, 6.07) is 13.4. The second-order valence-corrected chi connectivity index (χ2v) is 7.09. The van der Waals surface area contributed by atoms with Crippen molar-refractivity contribution in [2.75, 3.05) is 19.6 Å². The van der Waals surface area contributed by atoms with E-state index in [1.165, 1.54) is 19.3 Å². The van der Waals surface area contributed by atoms with Crippen LogP contribution in [0.1, 0.15) is 40.9 Å². The summed E-state index contributed by atoms with van der Waals surface area (Å²) < 4.78 is 2.01. The van der Waals surface area contributed by atoms with Gasteiger partial charge in [-0.25, -0.2) is 4.98 Å². The van der Waals surface area contributed by atoms with Crippen LogP contribution in [0.4, 0.5) is 0 Å². The van der Waals surface area contributed by atoms with Crippen LogP contribution in [-0.2, 0) is 0 Å². The number of piperidine rings is 1. The van der Waals surface area contributed by atoms with Gasteiger partial charge in [-0.1, -0.05) is 6.42 Å². The fraction of sp³-hybridized carbons (Fsp3) is 0.318. The molecule has 0 aliphatic carbocycles. The zero-order valence-electron chi connectivity index (χ0n) is 15.5. The number of likely N-dealkylation sites (tertiary alicyclic amines) is 1. The first-order chi connectivity index (χ1) is 13.2. The highest BCUT2D eigenvalue weighted by molar-refractivity contribution is 6.10. The first-order valence-corrected chi connectivity index (χ1v) is 9.41. The quantitative estimate of drug-likeness (QED) is 0.664. The van der Waals surface area contributed by atoms with Crippen molar-refractivity contribution in [3.63, 3.8) is 0 Å². The minimum atomic E-state index is 0.153. The molecule has 4 rings (SSSR count). The van der Waals surface area contributed by atoms with Crippen LogP contribution in [0.2, 0.25) is 0 Å². The van der Waals surface area contributed by atoms with Crippen molar-refractivity contribution in [2.45, 2.75) is 26.2 Å². The van der Waals surface area contributed by atoms with Crippen molar-refractivity contribution in [1.29, 1.82) is 5.26 Å². The van der Waals surface area contributed by atoms with Crippen molar-refractivity contribution >= 4 is 16.8 Å². The van der Waals surface area contributed by atoms with Crippen LogP contribution in [0, 0.1) is 18.3 Å². The number of hydrogen-bond donors (Lipinski definition) is 0. The molecule has 27 heavy (non-hydrogen) atoms. The molecule has 1 saturated heterocycles. The highest BCUT2D eigenvalue weighted by Crippen LogP contribution is 2.28. The lowest BCUT2D eigenvalue weighted by molar-refractivity contribution is 0.0916. The predicted octanol–water partition coefficient (Wildman–Crippen LogP) is 3.87. The molecule has 0 amide bonds. The Hall–Kier alpha value is -2.97. The Balaban J connectivity index is 1.78. The molecule has 0 saturated carbocycles. The van der Waals surface area contributed by atoms with Crippen molar-refractivity contribution in [1.82, 2.24) is 14.5 Å². The van der Waals surface area contributed by atoms with Gasteiger partial charge in [-0.2, -0.15) is 5.26 Å². The van der Waals surface area contributed by atoms with Gasteiger partial charge in [0.05, 0.1) is 18.2 Å². The molecule has 1 fully saturated rings. The number of fused-ring (bicyclic) bond motifs is 1. The van der Waals surface area contributed by atoms with Crippen LogP contribution in [0.5, 0.6) is 0 Å². The van der Waals surface area contributed by atoms with E-state index < -0.39 is 0 Å². The maximum Gasteiger partial charge on any atom is 0.179 e. The molecular weight excluding hydrogens is 336 g/mol. The van der Waals surface area contributed by atoms with Crippen LogP contribution < -0.4 is 0 Å². The lowest BCUT2D eigenvalue weighted by atomic mass is 10.1. The van der Waals surface area contributed by atoms with Gasteiger partial charge in [-0.15, -0.1) is 0 Å². The molecule has 1 aromatic carbocycles. The molecule has 5 heteroatoms. The smallest absolute Gasteiger partial charge is 0.179 e. The van der Waals surface area contributed by atoms with E-state index in [1.807, 2.05) is 35.8 Å². The summed E-state index contributed by atoms with van der Waals surface area (Å²) in [5.74, 6) is 0.153. The number of carbonyl (C=O) groups excluding carboxylic acids is 1. The van der Waals surface area contributed by atoms with Crippen molar-refractivity contribution in [3.8, 4) is 11.8 Å². The maximum absolute atomic E-state index is 13.2. The molecule has 0 N–H and O–H groups in total. The number of nitriles is 1. The minimum Gasteiger partial charge on any atom is -0.298 e. The van der Waals surface area contributed by atoms with Gasteiger partial charge in [-0.3, -0.25) is 14.3 Å². The number of nitrogens with zero attached hydrogens (tertiary/aromatic N) is 4. The maximum atomic E-state index is 13.2. The number of pyridine rings is 1. The molecule has 3 heterocycles. The highest BCUT2D eigenvalue weighted by Gasteiger charge is 2.23. The molecule has 1 aliphatic heterocycles. The van der Waals surface area contributed by atoms with Gasteiger partial charge in [0.2, 0.25) is 0 Å². The van der Waals surface area contributed by atoms with Gasteiger partial charge in [0, 0.05) is 28.5 Å². The number of benzene rings is 1. The molecule has 3 aromatic rings. The number of rotatable bonds is 4. The molecule has 1 aliphatic rings. The zero-order chi connectivity index (χ0) is 18.8. The lowest BCUT2D eigenvalue weighted by Crippen LogP contribution is -2.34. The normalized spacial score (nSPS) is 15.0. The molecule has 136 valence electrons. The fourth-order valence-corrected chi connectivity index (χ4v) is 3.99. The second-order valence-electron chi connectivity index (χ2n) is 7.09. The Kier molecular flexibility index (Phi) is 4.74. The van der Waals surface area contributed by atoms with Crippen LogP contribution in [-0.4, -0.2) is 39.9 Å². The van der Waals surface area contributed by atoms with Gasteiger partial charge in [0.25, 0.3) is 0 Å². The van der Waals surface area contributed by atoms with E-state index in [0.717, 1.165) is 41.1 Å². The summed E-state index contributed by atoms with van der Waals surface area (Å²) in [7, 11) is 0. The van der Waals surface area contributed by atoms with Gasteiger partial charge in [0.1, 0.15) is 5.65 Å². The number of Topliss-reactive ketones (excluding diaryl/α,β-unsaturated/α-hetero) is 1. The van der Waals surface area contributed by atoms with Gasteiger partial charge in [0.15, 0.2) is 5.78 Å². The average Bonchev–Trinajstić information content (AvgIpc) is 3.00. The summed E-state index contributed by atoms with van der Waals surface area (Å²) in [6.07, 6.45) is 5.34. The van der Waals surface area contributed by atoms with Crippen LogP contribution >= 0.6 is 0 Å². The first kappa shape index (κ1) is 17.4. The van der Waals surface area contributed by atoms with E-state index in [-0.39, 0.29) is 5.78 Å². The molecule has 0 unspecified atom stereocenters. The molecule has 0 bridgehead atoms. The zero-order valence-corrected chi connectivity index (χ0v) is 15.5. The minimum absolute atomic E-state index is 0.153. The Bertz CT molecular complexity index is 1020. The van der Waals surface area contributed by atoms with E-state index in [4.69, 9.17) is 5.26 Å². The van der Waals surface area contributed by atoms with Gasteiger partial charge < -0.3 is 0 Å². The van der Waals surface area contributed by atoms with Gasteiger partial charge in [-0.05, 0) is 69.3 Å². The van der Waals surface area contributed by atoms with Crippen LogP contribution in [0.15, 0.2) is 42.6 Å². The summed E-state index contributed by atoms with van der Waals surface area (Å²) >= 11 is 0. The monoisotopic (exact) mass is 358 g/mol. The molecule has 0 radical (unpaired) electrons. The van der Waals surface area contributed by atoms with Gasteiger partial charge >= 0.3 is 0 Å². The summed E-state index contributed by atoms with van der Waals surface area (Å²) in [4.78, 5) is 20.0. The van der Waals surface area contributed by atoms with Crippen molar-refractivity contribution < 1.29 is 4.79 Å². The molecule has 0 atom stereocenters. The van der Waals surface area contributed by atoms with E-state index in [1.54, 1.807) is 18.3 Å². The molecule has 0 spiro atoms. The topological polar surface area (TPSA) is 61.9 Å². The highest BCUT2D eigenvalue weighted by atomic mass is 16.1. The standard InChI is InChI=1S/C22H22N4O/c1-16-21(20(27)15-25-12-3-2-4-13-25)19-6-5-11-24-22(19)26(16)18-9-7-17(14-23)8-10-18/h5-11H,2-4,12-13,15H2,1H3. The number of ketones is 1. The SMILES string of the molecule is Cc1c(C(=O)CN2CCCCC2)c2cccnc2n1-c1ccc(C#N)cc1. The first-order valence-electron chi connectivity index (χ1n) is 9.41. The summed E-state index contributed by atoms with van der Waals surface area (Å²) in [6.45, 7) is 4.43. The Morgan fingerprint density at radius 2 is 1.89 bits per heavy atom. The molecule has 5 nitrogen and oxygen atoms in total. The third-order valence-electron chi connectivity index (χ3n) is 5.31. The van der Waals surface area contributed by atoms with E-state index >= 15 is 0 Å². The fourth-order valence-electron chi connectivity index (χ4n) is 3.99. The van der Waals surface area contributed by atoms with E-state index in [0.29, 0.717) is 12.1 Å². The van der Waals surface area contributed by atoms with Crippen molar-refractivity contribution in [3.05, 3.63) is 59.4 Å². The Morgan fingerprint density at radius 3 is 2.59 bits per heavy atom. The van der Waals surface area contributed by atoms with Crippen LogP contribution in [0.25, 0.3) is 16.7 Å². The predicted molar refractivity (Wildman–Crippen MR) is 105 cm³/mol. The Labute approximate surface area is 158 Å². The summed E-state index contributed by atoms with van der Waals surface area (Å²) in [5.41, 5.74) is 3.96. The van der Waals surface area contributed by atoms with Crippen molar-refractivity contribution in [2.24, 2.45) is 0 Å². The number of carbonyl (C=O) groups is 1. The van der Waals surface area contributed by atoms with E-state index in [2.05, 4.69) is 16.0 Å². The third-order valence-corrected chi connectivity index (χ3v) is 5.31. The van der Waals surface area contributed by atoms with Crippen LogP contribution in [0.3, 0.4) is 0 Å². The lowest BCUT2D eigenvalue weighted by Gasteiger charge is -2.25. The number of hydrogen-bond acceptors (Lipinski definition) is 4. The molecular formula is C22H22N4O. The Morgan fingerprint density at radius 1 is 1.15 bits per heavy atom. The number of aromatic nitrogens is 2. The summed E-state index contributed by atoms with van der Waals surface area (Å²) in [5, 5.41) is 9.93. The van der Waals surface area contributed by atoms with E-state index in [9.17, 15) is 4.79 Å². The largest absolute Gasteiger partial charge is 0.298 e. The molecule has 2 aromatic heterocycles. The second kappa shape index (κ2) is 7.34. The average molecular weight is 358 g/mol. The third kappa shape index (κ3) is 3.24.